The Balaban J connectivity index is 1.63. The average molecular weight is 278 g/mol. The molecule has 2 saturated heterocycles. The first kappa shape index (κ1) is 13.5. The van der Waals surface area contributed by atoms with E-state index in [0.29, 0.717) is 12.5 Å². The summed E-state index contributed by atoms with van der Waals surface area (Å²) >= 11 is 0. The van der Waals surface area contributed by atoms with E-state index in [0.717, 1.165) is 44.1 Å². The third-order valence-electron chi connectivity index (χ3n) is 4.29. The topological polar surface area (TPSA) is 60.2 Å². The van der Waals surface area contributed by atoms with Crippen molar-refractivity contribution in [2.24, 2.45) is 5.92 Å². The zero-order valence-corrected chi connectivity index (χ0v) is 12.2. The molecular formula is C14H22N4O2. The van der Waals surface area contributed by atoms with Crippen LogP contribution < -0.4 is 0 Å². The highest BCUT2D eigenvalue weighted by Gasteiger charge is 2.35. The maximum atomic E-state index is 11.7. The molecule has 110 valence electrons. The van der Waals surface area contributed by atoms with Gasteiger partial charge in [0.05, 0.1) is 6.61 Å². The molecule has 2 aliphatic heterocycles. The lowest BCUT2D eigenvalue weighted by molar-refractivity contribution is -0.142. The van der Waals surface area contributed by atoms with Gasteiger partial charge in [0.25, 0.3) is 0 Å². The highest BCUT2D eigenvalue weighted by atomic mass is 16.5. The van der Waals surface area contributed by atoms with Crippen molar-refractivity contribution in [3.63, 3.8) is 0 Å². The molecule has 2 fully saturated rings. The maximum absolute atomic E-state index is 11.7. The van der Waals surface area contributed by atoms with Crippen LogP contribution in [0.4, 0.5) is 0 Å². The minimum atomic E-state index is -0.0431. The van der Waals surface area contributed by atoms with Crippen LogP contribution in [0.1, 0.15) is 30.9 Å². The number of ether oxygens (including phenoxy) is 1. The smallest absolute Gasteiger partial charge is 0.323 e. The molecule has 2 atom stereocenters. The molecule has 0 bridgehead atoms. The van der Waals surface area contributed by atoms with Crippen LogP contribution in [0.3, 0.4) is 0 Å². The number of cyclic esters (lactones) is 1. The number of hydrogen-bond acceptors (Lipinski definition) is 5. The predicted octanol–water partition coefficient (Wildman–Crippen LogP) is 0.922. The Kier molecular flexibility index (Phi) is 3.74. The third-order valence-corrected chi connectivity index (χ3v) is 4.29. The van der Waals surface area contributed by atoms with Crippen molar-refractivity contribution in [2.75, 3.05) is 19.7 Å². The molecule has 0 N–H and O–H groups in total. The highest BCUT2D eigenvalue weighted by molar-refractivity contribution is 5.77. The fourth-order valence-corrected chi connectivity index (χ4v) is 3.33. The van der Waals surface area contributed by atoms with Gasteiger partial charge in [-0.05, 0) is 39.2 Å². The van der Waals surface area contributed by atoms with Gasteiger partial charge >= 0.3 is 5.97 Å². The number of likely N-dealkylation sites (tertiary alicyclic amines) is 1. The normalized spacial score (nSPS) is 27.8. The lowest BCUT2D eigenvalue weighted by atomic mass is 9.96. The van der Waals surface area contributed by atoms with E-state index < -0.39 is 0 Å². The number of carbonyl (C=O) groups is 1. The maximum Gasteiger partial charge on any atom is 0.323 e. The van der Waals surface area contributed by atoms with Crippen molar-refractivity contribution < 1.29 is 9.53 Å². The number of rotatable bonds is 3. The van der Waals surface area contributed by atoms with Crippen LogP contribution in [0.5, 0.6) is 0 Å². The van der Waals surface area contributed by atoms with Gasteiger partial charge in [0, 0.05) is 19.5 Å². The number of nitrogens with zero attached hydrogens (tertiary/aromatic N) is 4. The SMILES string of the molecule is Cc1nc(C)n(C[C@@H]2CCCN([C@@H]3CCOC3=O)C2)n1. The van der Waals surface area contributed by atoms with Crippen LogP contribution in [0.25, 0.3) is 0 Å². The summed E-state index contributed by atoms with van der Waals surface area (Å²) in [6, 6.07) is -0.0172. The van der Waals surface area contributed by atoms with Gasteiger partial charge in [-0.25, -0.2) is 9.67 Å². The van der Waals surface area contributed by atoms with Gasteiger partial charge in [0.1, 0.15) is 17.7 Å². The summed E-state index contributed by atoms with van der Waals surface area (Å²) in [6.45, 7) is 7.35. The molecule has 1 aromatic rings. The summed E-state index contributed by atoms with van der Waals surface area (Å²) in [5.74, 6) is 2.30. The van der Waals surface area contributed by atoms with E-state index in [1.807, 2.05) is 18.5 Å². The molecule has 3 rings (SSSR count). The Hall–Kier alpha value is -1.43. The molecule has 6 nitrogen and oxygen atoms in total. The first-order valence-corrected chi connectivity index (χ1v) is 7.42. The van der Waals surface area contributed by atoms with Crippen LogP contribution in [0.15, 0.2) is 0 Å². The van der Waals surface area contributed by atoms with E-state index in [4.69, 9.17) is 4.74 Å². The Labute approximate surface area is 119 Å². The van der Waals surface area contributed by atoms with E-state index in [-0.39, 0.29) is 12.0 Å². The first-order chi connectivity index (χ1) is 9.63. The Bertz CT molecular complexity index is 499. The number of hydrogen-bond donors (Lipinski definition) is 0. The number of aromatic nitrogens is 3. The molecular weight excluding hydrogens is 256 g/mol. The van der Waals surface area contributed by atoms with E-state index in [2.05, 4.69) is 15.0 Å². The molecule has 3 heterocycles. The summed E-state index contributed by atoms with van der Waals surface area (Å²) in [5.41, 5.74) is 0. The van der Waals surface area contributed by atoms with E-state index in [1.54, 1.807) is 0 Å². The molecule has 20 heavy (non-hydrogen) atoms. The molecule has 0 radical (unpaired) electrons. The number of aryl methyl sites for hydroxylation is 2. The van der Waals surface area contributed by atoms with E-state index in [9.17, 15) is 4.79 Å². The molecule has 0 spiro atoms. The summed E-state index contributed by atoms with van der Waals surface area (Å²) in [5, 5.41) is 4.44. The fraction of sp³-hybridized carbons (Fsp3) is 0.786. The van der Waals surface area contributed by atoms with Crippen LogP contribution in [-0.4, -0.2) is 51.4 Å². The van der Waals surface area contributed by atoms with Gasteiger partial charge in [0.2, 0.25) is 0 Å². The van der Waals surface area contributed by atoms with Gasteiger partial charge in [-0.3, -0.25) is 9.69 Å². The van der Waals surface area contributed by atoms with Gasteiger partial charge in [0.15, 0.2) is 0 Å². The second-order valence-electron chi connectivity index (χ2n) is 5.86. The van der Waals surface area contributed by atoms with Crippen molar-refractivity contribution in [3.05, 3.63) is 11.6 Å². The molecule has 2 aliphatic rings. The summed E-state index contributed by atoms with van der Waals surface area (Å²) in [7, 11) is 0. The highest BCUT2D eigenvalue weighted by Crippen LogP contribution is 2.24. The van der Waals surface area contributed by atoms with Crippen molar-refractivity contribution >= 4 is 5.97 Å². The van der Waals surface area contributed by atoms with Crippen LogP contribution in [0.2, 0.25) is 0 Å². The van der Waals surface area contributed by atoms with Crippen LogP contribution >= 0.6 is 0 Å². The molecule has 0 saturated carbocycles. The summed E-state index contributed by atoms with van der Waals surface area (Å²) in [4.78, 5) is 18.3. The second-order valence-corrected chi connectivity index (χ2v) is 5.86. The largest absolute Gasteiger partial charge is 0.464 e. The molecule has 0 unspecified atom stereocenters. The molecule has 1 aromatic heterocycles. The zero-order valence-electron chi connectivity index (χ0n) is 12.2. The average Bonchev–Trinajstić information content (AvgIpc) is 2.96. The van der Waals surface area contributed by atoms with Crippen molar-refractivity contribution in [1.82, 2.24) is 19.7 Å². The van der Waals surface area contributed by atoms with Crippen molar-refractivity contribution in [3.8, 4) is 0 Å². The summed E-state index contributed by atoms with van der Waals surface area (Å²) < 4.78 is 7.08. The lowest BCUT2D eigenvalue weighted by Gasteiger charge is -2.35. The van der Waals surface area contributed by atoms with Crippen LogP contribution in [0, 0.1) is 19.8 Å². The lowest BCUT2D eigenvalue weighted by Crippen LogP contribution is -2.45. The Morgan fingerprint density at radius 3 is 2.85 bits per heavy atom. The Morgan fingerprint density at radius 1 is 1.35 bits per heavy atom. The second kappa shape index (κ2) is 5.52. The van der Waals surface area contributed by atoms with Gasteiger partial charge in [-0.15, -0.1) is 0 Å². The van der Waals surface area contributed by atoms with E-state index in [1.165, 1.54) is 6.42 Å². The van der Waals surface area contributed by atoms with Crippen LogP contribution in [-0.2, 0) is 16.1 Å². The predicted molar refractivity (Wildman–Crippen MR) is 73.2 cm³/mol. The monoisotopic (exact) mass is 278 g/mol. The molecule has 0 aliphatic carbocycles. The van der Waals surface area contributed by atoms with E-state index >= 15 is 0 Å². The molecule has 0 aromatic carbocycles. The van der Waals surface area contributed by atoms with Crippen molar-refractivity contribution in [2.45, 2.75) is 45.7 Å². The fourth-order valence-electron chi connectivity index (χ4n) is 3.33. The Morgan fingerprint density at radius 2 is 2.20 bits per heavy atom. The van der Waals surface area contributed by atoms with Gasteiger partial charge in [-0.1, -0.05) is 0 Å². The third kappa shape index (κ3) is 2.70. The van der Waals surface area contributed by atoms with Crippen molar-refractivity contribution in [1.29, 1.82) is 0 Å². The number of piperidine rings is 1. The quantitative estimate of drug-likeness (QED) is 0.770. The minimum Gasteiger partial charge on any atom is -0.464 e. The zero-order chi connectivity index (χ0) is 14.1. The van der Waals surface area contributed by atoms with Gasteiger partial charge in [-0.2, -0.15) is 5.10 Å². The number of esters is 1. The molecule has 6 heteroatoms. The number of carbonyl (C=O) groups excluding carboxylic acids is 1. The molecule has 0 amide bonds. The minimum absolute atomic E-state index is 0.0172. The van der Waals surface area contributed by atoms with Gasteiger partial charge < -0.3 is 4.74 Å². The summed E-state index contributed by atoms with van der Waals surface area (Å²) in [6.07, 6.45) is 3.17. The first-order valence-electron chi connectivity index (χ1n) is 7.42. The standard InChI is InChI=1S/C14H22N4O2/c1-10-15-11(2)18(16-10)9-12-4-3-6-17(8-12)13-5-7-20-14(13)19/h12-13H,3-9H2,1-2H3/t12-,13-/m1/s1.